The Bertz CT molecular complexity index is 1140. The Morgan fingerprint density at radius 1 is 1.17 bits per heavy atom. The summed E-state index contributed by atoms with van der Waals surface area (Å²) in [6.45, 7) is 9.63. The van der Waals surface area contributed by atoms with Crippen molar-refractivity contribution in [2.75, 3.05) is 0 Å². The van der Waals surface area contributed by atoms with Gasteiger partial charge in [0, 0.05) is 18.4 Å². The number of benzene rings is 2. The fourth-order valence-corrected chi connectivity index (χ4v) is 4.52. The zero-order valence-corrected chi connectivity index (χ0v) is 21.1. The first-order valence-corrected chi connectivity index (χ1v) is 12.3. The lowest BCUT2D eigenvalue weighted by Crippen LogP contribution is -2.73. The molecule has 1 aliphatic rings. The van der Waals surface area contributed by atoms with E-state index in [0.29, 0.717) is 30.6 Å². The number of nitrogens with zero attached hydrogens (tertiary/aromatic N) is 2. The van der Waals surface area contributed by atoms with Crippen LogP contribution in [-0.4, -0.2) is 28.8 Å². The second-order valence-corrected chi connectivity index (χ2v) is 9.05. The molecule has 188 valence electrons. The van der Waals surface area contributed by atoms with E-state index >= 15 is 0 Å². The number of rotatable bonds is 11. The Labute approximate surface area is 212 Å². The Morgan fingerprint density at radius 2 is 1.81 bits per heavy atom. The standard InChI is InChI=1S/C29H33N3O4/c1-5-9-24(21-13-11-20(4)12-14-21)31-28(35)32-26(34)29(6-2,7-3)27(32)36-23-17-15-22(16-18-23)25(33)10-8-19-30/h5,11-18,24,27H,1,6-10H2,2-4H3,(H,31,35). The lowest BCUT2D eigenvalue weighted by atomic mass is 9.72. The van der Waals surface area contributed by atoms with Crippen LogP contribution in [0.4, 0.5) is 4.79 Å². The smallest absolute Gasteiger partial charge is 0.327 e. The second kappa shape index (κ2) is 11.7. The largest absolute Gasteiger partial charge is 0.469 e. The maximum absolute atomic E-state index is 13.3. The number of likely N-dealkylation sites (tertiary alicyclic amines) is 1. The van der Waals surface area contributed by atoms with Crippen molar-refractivity contribution in [3.05, 3.63) is 77.9 Å². The van der Waals surface area contributed by atoms with E-state index in [4.69, 9.17) is 10.00 Å². The fraction of sp³-hybridized carbons (Fsp3) is 0.379. The van der Waals surface area contributed by atoms with E-state index < -0.39 is 17.7 Å². The number of urea groups is 1. The third-order valence-electron chi connectivity index (χ3n) is 6.90. The number of ether oxygens (including phenoxy) is 1. The number of β-lactam (4-membered cyclic amide) rings is 1. The van der Waals surface area contributed by atoms with E-state index in [1.807, 2.05) is 51.1 Å². The van der Waals surface area contributed by atoms with Crippen molar-refractivity contribution in [1.29, 1.82) is 5.26 Å². The van der Waals surface area contributed by atoms with Gasteiger partial charge in [-0.3, -0.25) is 9.59 Å². The van der Waals surface area contributed by atoms with Crippen LogP contribution in [0.25, 0.3) is 0 Å². The van der Waals surface area contributed by atoms with Crippen LogP contribution in [0.15, 0.2) is 61.2 Å². The number of ketones is 1. The van der Waals surface area contributed by atoms with Crippen molar-refractivity contribution >= 4 is 17.7 Å². The van der Waals surface area contributed by atoms with Gasteiger partial charge in [-0.05, 0) is 56.0 Å². The summed E-state index contributed by atoms with van der Waals surface area (Å²) in [5.74, 6) is 0.0675. The summed E-state index contributed by atoms with van der Waals surface area (Å²) in [5.41, 5.74) is 1.71. The van der Waals surface area contributed by atoms with Gasteiger partial charge in [-0.1, -0.05) is 49.8 Å². The van der Waals surface area contributed by atoms with Gasteiger partial charge >= 0.3 is 6.03 Å². The van der Waals surface area contributed by atoms with Crippen LogP contribution in [-0.2, 0) is 4.79 Å². The Kier molecular flexibility index (Phi) is 8.65. The van der Waals surface area contributed by atoms with Gasteiger partial charge in [0.15, 0.2) is 12.0 Å². The van der Waals surface area contributed by atoms with Crippen molar-refractivity contribution in [3.63, 3.8) is 0 Å². The molecule has 2 aromatic carbocycles. The number of nitrogens with one attached hydrogen (secondary N) is 1. The zero-order chi connectivity index (χ0) is 26.3. The minimum atomic E-state index is -0.809. The van der Waals surface area contributed by atoms with Crippen LogP contribution in [0.5, 0.6) is 5.75 Å². The average molecular weight is 488 g/mol. The zero-order valence-electron chi connectivity index (χ0n) is 21.1. The molecule has 1 heterocycles. The number of amides is 3. The van der Waals surface area contributed by atoms with Crippen molar-refractivity contribution in [1.82, 2.24) is 10.2 Å². The highest BCUT2D eigenvalue weighted by Gasteiger charge is 2.63. The molecule has 1 aliphatic heterocycles. The molecular formula is C29H33N3O4. The van der Waals surface area contributed by atoms with Crippen LogP contribution in [0.2, 0.25) is 0 Å². The minimum absolute atomic E-state index is 0.122. The van der Waals surface area contributed by atoms with E-state index in [-0.39, 0.29) is 30.6 Å². The SMILES string of the molecule is C=CCC(NC(=O)N1C(=O)C(CC)(CC)C1Oc1ccc(C(=O)CCC#N)cc1)c1ccc(C)cc1. The van der Waals surface area contributed by atoms with E-state index in [1.165, 1.54) is 0 Å². The Hall–Kier alpha value is -3.92. The molecule has 0 aliphatic carbocycles. The van der Waals surface area contributed by atoms with Gasteiger partial charge in [0.05, 0.1) is 12.1 Å². The summed E-state index contributed by atoms with van der Waals surface area (Å²) in [6.07, 6.45) is 2.84. The van der Waals surface area contributed by atoms with Crippen molar-refractivity contribution < 1.29 is 19.1 Å². The number of Topliss-reactive ketones (excluding diaryl/α,β-unsaturated/α-hetero) is 1. The van der Waals surface area contributed by atoms with Gasteiger partial charge in [0.2, 0.25) is 5.91 Å². The quantitative estimate of drug-likeness (QED) is 0.243. The predicted molar refractivity (Wildman–Crippen MR) is 137 cm³/mol. The summed E-state index contributed by atoms with van der Waals surface area (Å²) in [6, 6.07) is 15.6. The molecule has 0 bridgehead atoms. The number of hydrogen-bond acceptors (Lipinski definition) is 5. The molecule has 1 saturated heterocycles. The number of imide groups is 1. The molecule has 2 aromatic rings. The number of nitriles is 1. The summed E-state index contributed by atoms with van der Waals surface area (Å²) in [5, 5.41) is 11.7. The second-order valence-electron chi connectivity index (χ2n) is 9.05. The molecule has 7 heteroatoms. The monoisotopic (exact) mass is 487 g/mol. The van der Waals surface area contributed by atoms with Gasteiger partial charge in [0.1, 0.15) is 11.2 Å². The minimum Gasteiger partial charge on any atom is -0.469 e. The highest BCUT2D eigenvalue weighted by atomic mass is 16.5. The molecule has 1 N–H and O–H groups in total. The van der Waals surface area contributed by atoms with Crippen molar-refractivity contribution in [2.45, 2.75) is 65.1 Å². The van der Waals surface area contributed by atoms with Crippen molar-refractivity contribution in [2.24, 2.45) is 5.41 Å². The highest BCUT2D eigenvalue weighted by Crippen LogP contribution is 2.46. The van der Waals surface area contributed by atoms with E-state index in [9.17, 15) is 14.4 Å². The molecule has 0 radical (unpaired) electrons. The summed E-state index contributed by atoms with van der Waals surface area (Å²) >= 11 is 0. The van der Waals surface area contributed by atoms with E-state index in [2.05, 4.69) is 11.9 Å². The third kappa shape index (κ3) is 5.33. The lowest BCUT2D eigenvalue weighted by molar-refractivity contribution is -0.190. The first-order chi connectivity index (χ1) is 17.3. The van der Waals surface area contributed by atoms with Crippen LogP contribution in [0.3, 0.4) is 0 Å². The molecule has 0 aromatic heterocycles. The predicted octanol–water partition coefficient (Wildman–Crippen LogP) is 5.86. The molecule has 36 heavy (non-hydrogen) atoms. The Morgan fingerprint density at radius 3 is 2.36 bits per heavy atom. The van der Waals surface area contributed by atoms with Crippen LogP contribution >= 0.6 is 0 Å². The molecule has 1 fully saturated rings. The van der Waals surface area contributed by atoms with E-state index in [1.54, 1.807) is 30.3 Å². The van der Waals surface area contributed by atoms with Crippen molar-refractivity contribution in [3.8, 4) is 11.8 Å². The summed E-state index contributed by atoms with van der Waals surface area (Å²) in [7, 11) is 0. The Balaban J connectivity index is 1.80. The summed E-state index contributed by atoms with van der Waals surface area (Å²) in [4.78, 5) is 39.9. The highest BCUT2D eigenvalue weighted by molar-refractivity contribution is 6.03. The molecule has 2 unspecified atom stereocenters. The average Bonchev–Trinajstić information content (AvgIpc) is 2.88. The first-order valence-electron chi connectivity index (χ1n) is 12.3. The fourth-order valence-electron chi connectivity index (χ4n) is 4.52. The summed E-state index contributed by atoms with van der Waals surface area (Å²) < 4.78 is 6.19. The lowest BCUT2D eigenvalue weighted by Gasteiger charge is -2.53. The van der Waals surface area contributed by atoms with Gasteiger partial charge in [-0.25, -0.2) is 9.69 Å². The number of carbonyl (C=O) groups is 3. The van der Waals surface area contributed by atoms with Gasteiger partial charge in [-0.15, -0.1) is 6.58 Å². The molecule has 7 nitrogen and oxygen atoms in total. The van der Waals surface area contributed by atoms with Crippen LogP contribution in [0, 0.1) is 23.7 Å². The molecule has 3 rings (SSSR count). The normalized spacial score (nSPS) is 16.9. The molecule has 3 amide bonds. The molecular weight excluding hydrogens is 454 g/mol. The third-order valence-corrected chi connectivity index (χ3v) is 6.90. The maximum Gasteiger partial charge on any atom is 0.327 e. The number of carbonyl (C=O) groups excluding carboxylic acids is 3. The topological polar surface area (TPSA) is 99.5 Å². The van der Waals surface area contributed by atoms with Crippen LogP contribution < -0.4 is 10.1 Å². The maximum atomic E-state index is 13.3. The number of hydrogen-bond donors (Lipinski definition) is 1. The molecule has 0 saturated carbocycles. The molecule has 2 atom stereocenters. The first kappa shape index (κ1) is 26.7. The van der Waals surface area contributed by atoms with E-state index in [0.717, 1.165) is 16.0 Å². The van der Waals surface area contributed by atoms with Gasteiger partial charge in [-0.2, -0.15) is 5.26 Å². The number of aryl methyl sites for hydroxylation is 1. The van der Waals surface area contributed by atoms with Gasteiger partial charge in [0.25, 0.3) is 0 Å². The molecule has 0 spiro atoms. The van der Waals surface area contributed by atoms with Gasteiger partial charge < -0.3 is 10.1 Å². The van der Waals surface area contributed by atoms with Crippen LogP contribution in [0.1, 0.15) is 73.5 Å².